The molecule has 2 rings (SSSR count). The lowest BCUT2D eigenvalue weighted by Crippen LogP contribution is -2.27. The van der Waals surface area contributed by atoms with Crippen molar-refractivity contribution < 1.29 is 17.6 Å². The molecule has 0 fully saturated rings. The summed E-state index contributed by atoms with van der Waals surface area (Å²) >= 11 is 0. The second-order valence-corrected chi connectivity index (χ2v) is 4.54. The maximum Gasteiger partial charge on any atom is 0.412 e. The first-order valence-corrected chi connectivity index (χ1v) is 6.01. The SMILES string of the molecule is Cc1ccc(N[C@@H](c2ccc(F)cc2)C(F)(F)F)cc1. The molecule has 0 heterocycles. The van der Waals surface area contributed by atoms with Crippen molar-refractivity contribution in [2.45, 2.75) is 19.1 Å². The summed E-state index contributed by atoms with van der Waals surface area (Å²) in [6, 6.07) is 9.04. The minimum absolute atomic E-state index is 0.0283. The number of benzene rings is 2. The van der Waals surface area contributed by atoms with E-state index in [0.29, 0.717) is 5.69 Å². The molecule has 1 N–H and O–H groups in total. The van der Waals surface area contributed by atoms with Gasteiger partial charge in [0.1, 0.15) is 11.9 Å². The van der Waals surface area contributed by atoms with Gasteiger partial charge in [-0.3, -0.25) is 0 Å². The van der Waals surface area contributed by atoms with Gasteiger partial charge in [-0.1, -0.05) is 29.8 Å². The summed E-state index contributed by atoms with van der Waals surface area (Å²) in [4.78, 5) is 0. The highest BCUT2D eigenvalue weighted by Crippen LogP contribution is 2.35. The number of nitrogens with one attached hydrogen (secondary N) is 1. The van der Waals surface area contributed by atoms with E-state index in [0.717, 1.165) is 29.8 Å². The van der Waals surface area contributed by atoms with E-state index in [-0.39, 0.29) is 5.56 Å². The molecule has 106 valence electrons. The van der Waals surface area contributed by atoms with Crippen LogP contribution in [0.5, 0.6) is 0 Å². The van der Waals surface area contributed by atoms with E-state index in [1.54, 1.807) is 24.3 Å². The van der Waals surface area contributed by atoms with Crippen LogP contribution in [0.15, 0.2) is 48.5 Å². The Morgan fingerprint density at radius 2 is 1.45 bits per heavy atom. The highest BCUT2D eigenvalue weighted by Gasteiger charge is 2.40. The van der Waals surface area contributed by atoms with Crippen LogP contribution in [-0.4, -0.2) is 6.18 Å². The first-order chi connectivity index (χ1) is 9.36. The van der Waals surface area contributed by atoms with Crippen molar-refractivity contribution in [3.05, 3.63) is 65.5 Å². The van der Waals surface area contributed by atoms with Gasteiger partial charge < -0.3 is 5.32 Å². The standard InChI is InChI=1S/C15H13F4N/c1-10-2-8-13(9-3-10)20-14(15(17,18)19)11-4-6-12(16)7-5-11/h2-9,14,20H,1H3/t14-/m0/s1. The molecule has 0 bridgehead atoms. The Kier molecular flexibility index (Phi) is 3.97. The number of aryl methyl sites for hydroxylation is 1. The summed E-state index contributed by atoms with van der Waals surface area (Å²) in [7, 11) is 0. The molecule has 0 aromatic heterocycles. The Morgan fingerprint density at radius 3 is 1.95 bits per heavy atom. The van der Waals surface area contributed by atoms with Crippen molar-refractivity contribution in [1.82, 2.24) is 0 Å². The smallest absolute Gasteiger partial charge is 0.370 e. The average Bonchev–Trinajstić information content (AvgIpc) is 2.38. The molecule has 0 amide bonds. The average molecular weight is 283 g/mol. The normalized spacial score (nSPS) is 13.1. The molecule has 0 saturated carbocycles. The molecule has 5 heteroatoms. The van der Waals surface area contributed by atoms with Crippen molar-refractivity contribution >= 4 is 5.69 Å². The van der Waals surface area contributed by atoms with E-state index >= 15 is 0 Å². The van der Waals surface area contributed by atoms with Crippen molar-refractivity contribution in [2.24, 2.45) is 0 Å². The molecule has 20 heavy (non-hydrogen) atoms. The number of hydrogen-bond donors (Lipinski definition) is 1. The minimum atomic E-state index is -4.47. The van der Waals surface area contributed by atoms with E-state index in [1.165, 1.54) is 0 Å². The molecule has 0 aliphatic rings. The molecular weight excluding hydrogens is 270 g/mol. The fourth-order valence-corrected chi connectivity index (χ4v) is 1.83. The molecule has 0 saturated heterocycles. The van der Waals surface area contributed by atoms with Crippen LogP contribution < -0.4 is 5.32 Å². The van der Waals surface area contributed by atoms with Crippen molar-refractivity contribution in [3.63, 3.8) is 0 Å². The van der Waals surface area contributed by atoms with Crippen molar-refractivity contribution in [2.75, 3.05) is 5.32 Å². The van der Waals surface area contributed by atoms with Crippen LogP contribution in [0.4, 0.5) is 23.2 Å². The first-order valence-electron chi connectivity index (χ1n) is 6.01. The number of hydrogen-bond acceptors (Lipinski definition) is 1. The summed E-state index contributed by atoms with van der Waals surface area (Å²) in [5.41, 5.74) is 1.29. The van der Waals surface area contributed by atoms with Crippen LogP contribution in [0.1, 0.15) is 17.2 Å². The zero-order valence-corrected chi connectivity index (χ0v) is 10.7. The van der Waals surface area contributed by atoms with Crippen LogP contribution >= 0.6 is 0 Å². The maximum atomic E-state index is 13.1. The molecule has 0 radical (unpaired) electrons. The van der Waals surface area contributed by atoms with E-state index in [2.05, 4.69) is 5.32 Å². The third-order valence-corrected chi connectivity index (χ3v) is 2.89. The third kappa shape index (κ3) is 3.50. The van der Waals surface area contributed by atoms with E-state index in [4.69, 9.17) is 0 Å². The Hall–Kier alpha value is -2.04. The van der Waals surface area contributed by atoms with Crippen molar-refractivity contribution in [3.8, 4) is 0 Å². The number of anilines is 1. The van der Waals surface area contributed by atoms with Gasteiger partial charge in [-0.25, -0.2) is 4.39 Å². The molecule has 1 atom stereocenters. The van der Waals surface area contributed by atoms with Crippen LogP contribution in [0, 0.1) is 12.7 Å². The summed E-state index contributed by atoms with van der Waals surface area (Å²) in [5.74, 6) is -0.565. The quantitative estimate of drug-likeness (QED) is 0.794. The van der Waals surface area contributed by atoms with Crippen LogP contribution in [0.3, 0.4) is 0 Å². The summed E-state index contributed by atoms with van der Waals surface area (Å²) in [6.45, 7) is 1.85. The lowest BCUT2D eigenvalue weighted by Gasteiger charge is -2.23. The van der Waals surface area contributed by atoms with Gasteiger partial charge in [0.25, 0.3) is 0 Å². The summed E-state index contributed by atoms with van der Waals surface area (Å²) in [5, 5.41) is 2.43. The Labute approximate surface area is 114 Å². The highest BCUT2D eigenvalue weighted by atomic mass is 19.4. The van der Waals surface area contributed by atoms with Crippen molar-refractivity contribution in [1.29, 1.82) is 0 Å². The first kappa shape index (κ1) is 14.4. The molecule has 0 spiro atoms. The van der Waals surface area contributed by atoms with Gasteiger partial charge in [0, 0.05) is 5.69 Å². The Bertz CT molecular complexity index is 558. The van der Waals surface area contributed by atoms with Gasteiger partial charge >= 0.3 is 6.18 Å². The lowest BCUT2D eigenvalue weighted by atomic mass is 10.1. The second-order valence-electron chi connectivity index (χ2n) is 4.54. The summed E-state index contributed by atoms with van der Waals surface area (Å²) < 4.78 is 52.2. The predicted molar refractivity (Wildman–Crippen MR) is 70.0 cm³/mol. The van der Waals surface area contributed by atoms with Crippen LogP contribution in [0.25, 0.3) is 0 Å². The number of halogens is 4. The fraction of sp³-hybridized carbons (Fsp3) is 0.200. The molecule has 2 aromatic rings. The van der Waals surface area contributed by atoms with Gasteiger partial charge in [0.05, 0.1) is 0 Å². The van der Waals surface area contributed by atoms with Gasteiger partial charge in [-0.05, 0) is 36.8 Å². The molecule has 0 unspecified atom stereocenters. The molecule has 1 nitrogen and oxygen atoms in total. The number of alkyl halides is 3. The van der Waals surface area contributed by atoms with E-state index in [9.17, 15) is 17.6 Å². The Balaban J connectivity index is 2.29. The molecule has 0 aliphatic carbocycles. The van der Waals surface area contributed by atoms with Crippen LogP contribution in [-0.2, 0) is 0 Å². The molecule has 2 aromatic carbocycles. The fourth-order valence-electron chi connectivity index (χ4n) is 1.83. The summed E-state index contributed by atoms with van der Waals surface area (Å²) in [6.07, 6.45) is -4.47. The predicted octanol–water partition coefficient (Wildman–Crippen LogP) is 4.85. The van der Waals surface area contributed by atoms with Crippen LogP contribution in [0.2, 0.25) is 0 Å². The van der Waals surface area contributed by atoms with Gasteiger partial charge in [0.2, 0.25) is 0 Å². The third-order valence-electron chi connectivity index (χ3n) is 2.89. The minimum Gasteiger partial charge on any atom is -0.370 e. The largest absolute Gasteiger partial charge is 0.412 e. The monoisotopic (exact) mass is 283 g/mol. The zero-order chi connectivity index (χ0) is 14.8. The topological polar surface area (TPSA) is 12.0 Å². The Morgan fingerprint density at radius 1 is 0.900 bits per heavy atom. The van der Waals surface area contributed by atoms with Gasteiger partial charge in [-0.2, -0.15) is 13.2 Å². The number of rotatable bonds is 3. The molecule has 0 aliphatic heterocycles. The van der Waals surface area contributed by atoms with Gasteiger partial charge in [0.15, 0.2) is 0 Å². The zero-order valence-electron chi connectivity index (χ0n) is 10.7. The lowest BCUT2D eigenvalue weighted by molar-refractivity contribution is -0.144. The second kappa shape index (κ2) is 5.53. The van der Waals surface area contributed by atoms with E-state index < -0.39 is 18.0 Å². The van der Waals surface area contributed by atoms with Gasteiger partial charge in [-0.15, -0.1) is 0 Å². The maximum absolute atomic E-state index is 13.1. The van der Waals surface area contributed by atoms with E-state index in [1.807, 2.05) is 6.92 Å². The molecular formula is C15H13F4N. The highest BCUT2D eigenvalue weighted by molar-refractivity contribution is 5.47.